The van der Waals surface area contributed by atoms with Gasteiger partial charge in [-0.05, 0) is 12.0 Å². The van der Waals surface area contributed by atoms with Gasteiger partial charge in [-0.15, -0.1) is 0 Å². The van der Waals surface area contributed by atoms with Gasteiger partial charge in [0.05, 0.1) is 18.0 Å². The molecule has 1 aliphatic heterocycles. The monoisotopic (exact) mass is 309 g/mol. The number of hydrogen-bond donors (Lipinski definition) is 0. The molecule has 3 rings (SSSR count). The molecule has 118 valence electrons. The first kappa shape index (κ1) is 15.3. The molecule has 0 unspecified atom stereocenters. The van der Waals surface area contributed by atoms with E-state index in [0.717, 1.165) is 26.1 Å². The number of aromatic nitrogens is 2. The molecule has 0 saturated carbocycles. The van der Waals surface area contributed by atoms with Crippen LogP contribution in [0.1, 0.15) is 17.5 Å². The smallest absolute Gasteiger partial charge is 0.322 e. The highest BCUT2D eigenvalue weighted by Crippen LogP contribution is 2.10. The summed E-state index contributed by atoms with van der Waals surface area (Å²) in [5, 5.41) is 12.8. The van der Waals surface area contributed by atoms with Crippen molar-refractivity contribution >= 4 is 6.03 Å². The molecule has 0 spiro atoms. The fourth-order valence-corrected chi connectivity index (χ4v) is 2.79. The van der Waals surface area contributed by atoms with Crippen LogP contribution in [-0.4, -0.2) is 51.8 Å². The number of rotatable bonds is 2. The van der Waals surface area contributed by atoms with Crippen molar-refractivity contribution in [3.63, 3.8) is 0 Å². The van der Waals surface area contributed by atoms with Gasteiger partial charge in [0.1, 0.15) is 6.07 Å². The Morgan fingerprint density at radius 3 is 2.74 bits per heavy atom. The third kappa shape index (κ3) is 3.76. The van der Waals surface area contributed by atoms with E-state index in [0.29, 0.717) is 18.7 Å². The molecular weight excluding hydrogens is 290 g/mol. The summed E-state index contributed by atoms with van der Waals surface area (Å²) in [6.07, 6.45) is 3.83. The van der Waals surface area contributed by atoms with Gasteiger partial charge < -0.3 is 4.90 Å². The van der Waals surface area contributed by atoms with Crippen LogP contribution in [0.4, 0.5) is 4.79 Å². The van der Waals surface area contributed by atoms with Crippen molar-refractivity contribution in [1.82, 2.24) is 19.6 Å². The largest absolute Gasteiger partial charge is 0.344 e. The lowest BCUT2D eigenvalue weighted by Crippen LogP contribution is -2.38. The SMILES string of the molecule is N#Cc1cnn(C(=O)N2CCCN(Cc3ccccc3)CC2)c1. The summed E-state index contributed by atoms with van der Waals surface area (Å²) in [4.78, 5) is 16.6. The zero-order valence-corrected chi connectivity index (χ0v) is 12.9. The maximum Gasteiger partial charge on any atom is 0.344 e. The molecule has 0 aliphatic carbocycles. The molecule has 1 saturated heterocycles. The maximum absolute atomic E-state index is 12.4. The molecule has 2 aromatic rings. The van der Waals surface area contributed by atoms with E-state index >= 15 is 0 Å². The quantitative estimate of drug-likeness (QED) is 0.850. The molecule has 1 aromatic heterocycles. The maximum atomic E-state index is 12.4. The summed E-state index contributed by atoms with van der Waals surface area (Å²) in [7, 11) is 0. The third-order valence-electron chi connectivity index (χ3n) is 4.02. The van der Waals surface area contributed by atoms with Crippen LogP contribution in [0.3, 0.4) is 0 Å². The van der Waals surface area contributed by atoms with Crippen molar-refractivity contribution in [2.75, 3.05) is 26.2 Å². The minimum Gasteiger partial charge on any atom is -0.322 e. The summed E-state index contributed by atoms with van der Waals surface area (Å²) in [6.45, 7) is 4.11. The Labute approximate surface area is 135 Å². The average molecular weight is 309 g/mol. The van der Waals surface area contributed by atoms with Gasteiger partial charge in [-0.3, -0.25) is 4.90 Å². The number of nitriles is 1. The highest BCUT2D eigenvalue weighted by molar-refractivity contribution is 5.76. The van der Waals surface area contributed by atoms with Gasteiger partial charge in [-0.2, -0.15) is 15.0 Å². The first-order valence-electron chi connectivity index (χ1n) is 7.76. The highest BCUT2D eigenvalue weighted by atomic mass is 16.2. The van der Waals surface area contributed by atoms with Crippen molar-refractivity contribution in [2.24, 2.45) is 0 Å². The number of benzene rings is 1. The molecule has 6 nitrogen and oxygen atoms in total. The van der Waals surface area contributed by atoms with Crippen LogP contribution < -0.4 is 0 Å². The number of carbonyl (C=O) groups excluding carboxylic acids is 1. The van der Waals surface area contributed by atoms with Crippen molar-refractivity contribution < 1.29 is 4.79 Å². The standard InChI is InChI=1S/C17H19N5O/c18-11-16-12-19-22(14-16)17(23)21-8-4-7-20(9-10-21)13-15-5-2-1-3-6-15/h1-3,5-6,12,14H,4,7-10,13H2. The van der Waals surface area contributed by atoms with E-state index < -0.39 is 0 Å². The second kappa shape index (κ2) is 7.07. The second-order valence-corrected chi connectivity index (χ2v) is 5.67. The number of carbonyl (C=O) groups is 1. The fraction of sp³-hybridized carbons (Fsp3) is 0.353. The Morgan fingerprint density at radius 2 is 2.00 bits per heavy atom. The molecular formula is C17H19N5O. The highest BCUT2D eigenvalue weighted by Gasteiger charge is 2.21. The Balaban J connectivity index is 1.60. The van der Waals surface area contributed by atoms with Gasteiger partial charge in [-0.25, -0.2) is 4.79 Å². The number of amides is 1. The van der Waals surface area contributed by atoms with Crippen LogP contribution in [0.25, 0.3) is 0 Å². The zero-order valence-electron chi connectivity index (χ0n) is 12.9. The summed E-state index contributed by atoms with van der Waals surface area (Å²) >= 11 is 0. The van der Waals surface area contributed by atoms with Gasteiger partial charge in [0.2, 0.25) is 0 Å². The Bertz CT molecular complexity index is 703. The van der Waals surface area contributed by atoms with Crippen LogP contribution in [0.15, 0.2) is 42.7 Å². The molecule has 1 aromatic carbocycles. The lowest BCUT2D eigenvalue weighted by molar-refractivity contribution is 0.196. The predicted octanol–water partition coefficient (Wildman–Crippen LogP) is 1.93. The summed E-state index contributed by atoms with van der Waals surface area (Å²) in [6, 6.07) is 12.2. The lowest BCUT2D eigenvalue weighted by Gasteiger charge is -2.21. The molecule has 0 bridgehead atoms. The minimum atomic E-state index is -0.159. The van der Waals surface area contributed by atoms with Gasteiger partial charge in [-0.1, -0.05) is 30.3 Å². The normalized spacial score (nSPS) is 15.9. The average Bonchev–Trinajstić information content (AvgIpc) is 2.95. The molecule has 1 amide bonds. The van der Waals surface area contributed by atoms with Crippen molar-refractivity contribution in [1.29, 1.82) is 5.26 Å². The predicted molar refractivity (Wildman–Crippen MR) is 85.6 cm³/mol. The summed E-state index contributed by atoms with van der Waals surface area (Å²) < 4.78 is 1.26. The zero-order chi connectivity index (χ0) is 16.1. The first-order valence-corrected chi connectivity index (χ1v) is 7.76. The van der Waals surface area contributed by atoms with Gasteiger partial charge in [0.25, 0.3) is 0 Å². The van der Waals surface area contributed by atoms with Gasteiger partial charge >= 0.3 is 6.03 Å². The fourth-order valence-electron chi connectivity index (χ4n) is 2.79. The van der Waals surface area contributed by atoms with Crippen molar-refractivity contribution in [3.8, 4) is 6.07 Å². The van der Waals surface area contributed by atoms with Gasteiger partial charge in [0.15, 0.2) is 0 Å². The summed E-state index contributed by atoms with van der Waals surface area (Å²) in [5.41, 5.74) is 1.69. The van der Waals surface area contributed by atoms with E-state index in [1.165, 1.54) is 22.6 Å². The van der Waals surface area contributed by atoms with E-state index in [4.69, 9.17) is 5.26 Å². The number of nitrogens with zero attached hydrogens (tertiary/aromatic N) is 5. The topological polar surface area (TPSA) is 65.2 Å². The molecule has 0 N–H and O–H groups in total. The van der Waals surface area contributed by atoms with Crippen LogP contribution >= 0.6 is 0 Å². The third-order valence-corrected chi connectivity index (χ3v) is 4.02. The van der Waals surface area contributed by atoms with Crippen LogP contribution in [-0.2, 0) is 6.54 Å². The number of hydrogen-bond acceptors (Lipinski definition) is 4. The molecule has 23 heavy (non-hydrogen) atoms. The molecule has 1 fully saturated rings. The second-order valence-electron chi connectivity index (χ2n) is 5.67. The van der Waals surface area contributed by atoms with Gasteiger partial charge in [0, 0.05) is 32.7 Å². The molecule has 0 radical (unpaired) electrons. The van der Waals surface area contributed by atoms with Crippen molar-refractivity contribution in [2.45, 2.75) is 13.0 Å². The van der Waals surface area contributed by atoms with E-state index in [9.17, 15) is 4.79 Å². The van der Waals surface area contributed by atoms with E-state index in [1.54, 1.807) is 4.90 Å². The van der Waals surface area contributed by atoms with Crippen LogP contribution in [0, 0.1) is 11.3 Å². The van der Waals surface area contributed by atoms with E-state index in [2.05, 4.69) is 22.1 Å². The van der Waals surface area contributed by atoms with E-state index in [1.807, 2.05) is 24.3 Å². The van der Waals surface area contributed by atoms with Crippen LogP contribution in [0.5, 0.6) is 0 Å². The van der Waals surface area contributed by atoms with Crippen molar-refractivity contribution in [3.05, 3.63) is 53.9 Å². The molecule has 6 heteroatoms. The Kier molecular flexibility index (Phi) is 4.69. The van der Waals surface area contributed by atoms with Crippen LogP contribution in [0.2, 0.25) is 0 Å². The Hall–Kier alpha value is -2.65. The molecule has 0 atom stereocenters. The minimum absolute atomic E-state index is 0.159. The lowest BCUT2D eigenvalue weighted by atomic mass is 10.2. The first-order chi connectivity index (χ1) is 11.3. The Morgan fingerprint density at radius 1 is 1.17 bits per heavy atom. The molecule has 1 aliphatic rings. The summed E-state index contributed by atoms with van der Waals surface area (Å²) in [5.74, 6) is 0. The van der Waals surface area contributed by atoms with E-state index in [-0.39, 0.29) is 6.03 Å². The molecule has 2 heterocycles.